The Bertz CT molecular complexity index is 581. The van der Waals surface area contributed by atoms with Gasteiger partial charge in [0.2, 0.25) is 10.0 Å². The Labute approximate surface area is 126 Å². The minimum atomic E-state index is -3.53. The molecule has 0 amide bonds. The molecule has 1 fully saturated rings. The molecule has 1 aromatic rings. The summed E-state index contributed by atoms with van der Waals surface area (Å²) in [7, 11) is -0.542. The van der Waals surface area contributed by atoms with E-state index in [0.717, 1.165) is 30.2 Å². The first kappa shape index (κ1) is 16.1. The van der Waals surface area contributed by atoms with Gasteiger partial charge in [-0.2, -0.15) is 0 Å². The lowest BCUT2D eigenvalue weighted by molar-refractivity contribution is 0.107. The van der Waals surface area contributed by atoms with Crippen LogP contribution in [0.3, 0.4) is 0 Å². The van der Waals surface area contributed by atoms with Gasteiger partial charge in [-0.05, 0) is 31.4 Å². The smallest absolute Gasteiger partial charge is 0.244 e. The van der Waals surface area contributed by atoms with Crippen LogP contribution >= 0.6 is 0 Å². The monoisotopic (exact) mass is 313 g/mol. The predicted molar refractivity (Wildman–Crippen MR) is 83.8 cm³/mol. The number of nitrogen functional groups attached to an aromatic ring is 1. The maximum absolute atomic E-state index is 12.2. The lowest BCUT2D eigenvalue weighted by Gasteiger charge is -2.17. The topological polar surface area (TPSA) is 84.7 Å². The van der Waals surface area contributed by atoms with E-state index in [1.807, 2.05) is 0 Å². The van der Waals surface area contributed by atoms with Crippen LogP contribution in [-0.4, -0.2) is 46.1 Å². The highest BCUT2D eigenvalue weighted by Gasteiger charge is 2.22. The van der Waals surface area contributed by atoms with Crippen molar-refractivity contribution in [2.75, 3.05) is 38.3 Å². The van der Waals surface area contributed by atoms with E-state index < -0.39 is 10.0 Å². The molecule has 1 aliphatic heterocycles. The van der Waals surface area contributed by atoms with E-state index in [0.29, 0.717) is 18.3 Å². The van der Waals surface area contributed by atoms with E-state index in [1.54, 1.807) is 12.1 Å². The van der Waals surface area contributed by atoms with Gasteiger partial charge in [-0.1, -0.05) is 6.07 Å². The average Bonchev–Trinajstić information content (AvgIpc) is 2.93. The van der Waals surface area contributed by atoms with Gasteiger partial charge in [0.15, 0.2) is 0 Å². The van der Waals surface area contributed by atoms with Crippen LogP contribution in [0.1, 0.15) is 19.3 Å². The maximum atomic E-state index is 12.2. The van der Waals surface area contributed by atoms with E-state index in [4.69, 9.17) is 10.5 Å². The second-order valence-corrected chi connectivity index (χ2v) is 7.48. The lowest BCUT2D eigenvalue weighted by atomic mass is 10.2. The van der Waals surface area contributed by atoms with Crippen molar-refractivity contribution >= 4 is 21.4 Å². The zero-order chi connectivity index (χ0) is 15.5. The Balaban J connectivity index is 2.07. The third-order valence-corrected chi connectivity index (χ3v) is 5.50. The highest BCUT2D eigenvalue weighted by atomic mass is 32.2. The molecule has 1 aliphatic rings. The number of benzene rings is 1. The van der Waals surface area contributed by atoms with Crippen molar-refractivity contribution in [3.05, 3.63) is 18.2 Å². The number of nitrogens with one attached hydrogen (secondary N) is 1. The quantitative estimate of drug-likeness (QED) is 0.778. The molecule has 1 atom stereocenters. The van der Waals surface area contributed by atoms with Crippen LogP contribution in [0.25, 0.3) is 0 Å². The SMILES string of the molecule is CN(C)S(=O)(=O)c1cccc(NCCC2CCCO2)c1N. The Hall–Kier alpha value is -1.31. The Morgan fingerprint density at radius 1 is 1.43 bits per heavy atom. The predicted octanol–water partition coefficient (Wildman–Crippen LogP) is 1.50. The summed E-state index contributed by atoms with van der Waals surface area (Å²) in [5.41, 5.74) is 6.91. The van der Waals surface area contributed by atoms with Crippen LogP contribution in [0.5, 0.6) is 0 Å². The number of rotatable bonds is 6. The number of hydrogen-bond acceptors (Lipinski definition) is 5. The maximum Gasteiger partial charge on any atom is 0.244 e. The highest BCUT2D eigenvalue weighted by Crippen LogP contribution is 2.28. The molecule has 0 bridgehead atoms. The van der Waals surface area contributed by atoms with E-state index in [2.05, 4.69) is 5.32 Å². The summed E-state index contributed by atoms with van der Waals surface area (Å²) in [6.07, 6.45) is 3.40. The second-order valence-electron chi connectivity index (χ2n) is 5.36. The molecule has 1 aromatic carbocycles. The number of nitrogens with zero attached hydrogens (tertiary/aromatic N) is 1. The number of anilines is 2. The fraction of sp³-hybridized carbons (Fsp3) is 0.571. The Morgan fingerprint density at radius 3 is 2.81 bits per heavy atom. The molecule has 2 rings (SSSR count). The summed E-state index contributed by atoms with van der Waals surface area (Å²) in [6, 6.07) is 5.01. The average molecular weight is 313 g/mol. The van der Waals surface area contributed by atoms with Crippen molar-refractivity contribution in [3.8, 4) is 0 Å². The minimum Gasteiger partial charge on any atom is -0.396 e. The molecule has 3 N–H and O–H groups in total. The fourth-order valence-corrected chi connectivity index (χ4v) is 3.39. The first-order valence-corrected chi connectivity index (χ1v) is 8.53. The summed E-state index contributed by atoms with van der Waals surface area (Å²) in [4.78, 5) is 0.134. The van der Waals surface area contributed by atoms with E-state index in [1.165, 1.54) is 20.2 Å². The fourth-order valence-electron chi connectivity index (χ4n) is 2.36. The molecule has 0 saturated carbocycles. The highest BCUT2D eigenvalue weighted by molar-refractivity contribution is 7.89. The van der Waals surface area contributed by atoms with Crippen LogP contribution in [0, 0.1) is 0 Å². The first-order valence-electron chi connectivity index (χ1n) is 7.09. The number of sulfonamides is 1. The molecule has 118 valence electrons. The molecule has 1 saturated heterocycles. The second kappa shape index (κ2) is 6.64. The van der Waals surface area contributed by atoms with Gasteiger partial charge in [-0.25, -0.2) is 12.7 Å². The Kier molecular flexibility index (Phi) is 5.08. The summed E-state index contributed by atoms with van der Waals surface area (Å²) in [5.74, 6) is 0. The van der Waals surface area contributed by atoms with Crippen LogP contribution in [0.4, 0.5) is 11.4 Å². The van der Waals surface area contributed by atoms with Gasteiger partial charge in [0.25, 0.3) is 0 Å². The van der Waals surface area contributed by atoms with Gasteiger partial charge < -0.3 is 15.8 Å². The molecule has 21 heavy (non-hydrogen) atoms. The molecule has 0 aliphatic carbocycles. The molecule has 1 heterocycles. The first-order chi connectivity index (χ1) is 9.93. The van der Waals surface area contributed by atoms with Crippen LogP contribution in [0.2, 0.25) is 0 Å². The standard InChI is InChI=1S/C14H23N3O3S/c1-17(2)21(18,19)13-7-3-6-12(14(13)15)16-9-8-11-5-4-10-20-11/h3,6-7,11,16H,4-5,8-10,15H2,1-2H3. The van der Waals surface area contributed by atoms with Gasteiger partial charge in [-0.3, -0.25) is 0 Å². The van der Waals surface area contributed by atoms with Gasteiger partial charge in [0.1, 0.15) is 4.90 Å². The van der Waals surface area contributed by atoms with Gasteiger partial charge >= 0.3 is 0 Å². The zero-order valence-corrected chi connectivity index (χ0v) is 13.3. The van der Waals surface area contributed by atoms with Crippen molar-refractivity contribution in [2.24, 2.45) is 0 Å². The van der Waals surface area contributed by atoms with Crippen molar-refractivity contribution in [2.45, 2.75) is 30.3 Å². The van der Waals surface area contributed by atoms with Crippen molar-refractivity contribution < 1.29 is 13.2 Å². The number of hydrogen-bond donors (Lipinski definition) is 2. The van der Waals surface area contributed by atoms with Crippen LogP contribution in [-0.2, 0) is 14.8 Å². The molecule has 1 unspecified atom stereocenters. The molecular weight excluding hydrogens is 290 g/mol. The summed E-state index contributed by atoms with van der Waals surface area (Å²) in [5, 5.41) is 3.20. The third-order valence-electron chi connectivity index (χ3n) is 3.63. The normalized spacial score (nSPS) is 19.1. The van der Waals surface area contributed by atoms with Gasteiger partial charge in [0.05, 0.1) is 17.5 Å². The zero-order valence-electron chi connectivity index (χ0n) is 12.5. The molecular formula is C14H23N3O3S. The Morgan fingerprint density at radius 2 is 2.19 bits per heavy atom. The molecule has 0 radical (unpaired) electrons. The summed E-state index contributed by atoms with van der Waals surface area (Å²) in [6.45, 7) is 1.55. The van der Waals surface area contributed by atoms with Crippen molar-refractivity contribution in [3.63, 3.8) is 0 Å². The number of ether oxygens (including phenoxy) is 1. The van der Waals surface area contributed by atoms with Crippen LogP contribution in [0.15, 0.2) is 23.1 Å². The van der Waals surface area contributed by atoms with E-state index >= 15 is 0 Å². The van der Waals surface area contributed by atoms with E-state index in [-0.39, 0.29) is 10.6 Å². The summed E-state index contributed by atoms with van der Waals surface area (Å²) >= 11 is 0. The molecule has 7 heteroatoms. The van der Waals surface area contributed by atoms with Gasteiger partial charge in [0, 0.05) is 27.2 Å². The van der Waals surface area contributed by atoms with Gasteiger partial charge in [-0.15, -0.1) is 0 Å². The molecule has 0 spiro atoms. The lowest BCUT2D eigenvalue weighted by Crippen LogP contribution is -2.23. The van der Waals surface area contributed by atoms with Crippen molar-refractivity contribution in [1.29, 1.82) is 0 Å². The van der Waals surface area contributed by atoms with Crippen LogP contribution < -0.4 is 11.1 Å². The summed E-state index contributed by atoms with van der Waals surface area (Å²) < 4.78 is 31.1. The minimum absolute atomic E-state index is 0.134. The van der Waals surface area contributed by atoms with Crippen molar-refractivity contribution in [1.82, 2.24) is 4.31 Å². The number of para-hydroxylation sites is 1. The van der Waals surface area contributed by atoms with E-state index in [9.17, 15) is 8.42 Å². The third kappa shape index (κ3) is 3.66. The largest absolute Gasteiger partial charge is 0.396 e. The number of nitrogens with two attached hydrogens (primary N) is 1. The molecule has 0 aromatic heterocycles. The molecule has 6 nitrogen and oxygen atoms in total.